The summed E-state index contributed by atoms with van der Waals surface area (Å²) in [5.74, 6) is -0.305. The van der Waals surface area contributed by atoms with Crippen LogP contribution in [-0.4, -0.2) is 26.8 Å². The molecule has 0 saturated carbocycles. The third-order valence-electron chi connectivity index (χ3n) is 3.53. The van der Waals surface area contributed by atoms with Gasteiger partial charge in [-0.15, -0.1) is 0 Å². The number of aromatic nitrogens is 4. The minimum absolute atomic E-state index is 0.0135. The minimum atomic E-state index is -4.54. The topological polar surface area (TPSA) is 91.5 Å². The summed E-state index contributed by atoms with van der Waals surface area (Å²) in [6, 6.07) is 2.19. The Morgan fingerprint density at radius 3 is 2.52 bits per heavy atom. The number of halogens is 3. The van der Waals surface area contributed by atoms with E-state index in [9.17, 15) is 13.2 Å². The molecule has 7 nitrogen and oxygen atoms in total. The van der Waals surface area contributed by atoms with Crippen LogP contribution in [-0.2, 0) is 12.7 Å². The van der Waals surface area contributed by atoms with Crippen molar-refractivity contribution in [3.05, 3.63) is 23.7 Å². The molecule has 134 valence electrons. The lowest BCUT2D eigenvalue weighted by Crippen LogP contribution is -2.19. The molecule has 0 saturated heterocycles. The molecule has 0 unspecified atom stereocenters. The average Bonchev–Trinajstić information content (AvgIpc) is 2.86. The predicted octanol–water partition coefficient (Wildman–Crippen LogP) is 3.34. The van der Waals surface area contributed by atoms with Gasteiger partial charge in [-0.3, -0.25) is 4.68 Å². The van der Waals surface area contributed by atoms with E-state index in [0.717, 1.165) is 11.9 Å². The molecule has 0 bridgehead atoms. The van der Waals surface area contributed by atoms with Crippen LogP contribution < -0.4 is 10.6 Å². The van der Waals surface area contributed by atoms with Gasteiger partial charge in [0.2, 0.25) is 5.95 Å². The third kappa shape index (κ3) is 4.17. The van der Waals surface area contributed by atoms with Crippen LogP contribution in [0.25, 0.3) is 0 Å². The van der Waals surface area contributed by atoms with Gasteiger partial charge in [0, 0.05) is 13.2 Å². The molecule has 0 radical (unpaired) electrons. The number of alkyl halides is 3. The summed E-state index contributed by atoms with van der Waals surface area (Å²) in [6.45, 7) is 5.75. The Bertz CT molecular complexity index is 802. The lowest BCUT2D eigenvalue weighted by molar-refractivity contribution is -0.137. The number of anilines is 3. The van der Waals surface area contributed by atoms with E-state index in [2.05, 4.69) is 31.8 Å². The molecule has 2 rings (SSSR count). The fourth-order valence-electron chi connectivity index (χ4n) is 2.10. The van der Waals surface area contributed by atoms with Crippen LogP contribution in [0, 0.1) is 23.7 Å². The Kier molecular flexibility index (Phi) is 4.87. The van der Waals surface area contributed by atoms with Gasteiger partial charge in [0.15, 0.2) is 0 Å². The SMILES string of the molecule is CNc1nc(Nc2cnn(CC(C)(C)C#N)c2C)ncc1C(F)(F)F. The van der Waals surface area contributed by atoms with Gasteiger partial charge in [-0.05, 0) is 20.8 Å². The van der Waals surface area contributed by atoms with E-state index in [1.165, 1.54) is 13.2 Å². The first-order chi connectivity index (χ1) is 11.6. The van der Waals surface area contributed by atoms with Crippen molar-refractivity contribution in [3.8, 4) is 6.07 Å². The van der Waals surface area contributed by atoms with E-state index in [0.29, 0.717) is 12.2 Å². The van der Waals surface area contributed by atoms with Crippen LogP contribution in [0.15, 0.2) is 12.4 Å². The standard InChI is InChI=1S/C15H18F3N7/c1-9-11(6-22-25(9)8-14(2,3)7-19)23-13-21-5-10(15(16,17)18)12(20-4)24-13/h5-6H,8H2,1-4H3,(H2,20,21,23,24). The Hall–Kier alpha value is -2.83. The Labute approximate surface area is 142 Å². The van der Waals surface area contributed by atoms with Gasteiger partial charge in [-0.2, -0.15) is 28.5 Å². The Morgan fingerprint density at radius 1 is 1.28 bits per heavy atom. The number of nitrogens with zero attached hydrogens (tertiary/aromatic N) is 5. The van der Waals surface area contributed by atoms with Crippen LogP contribution in [0.5, 0.6) is 0 Å². The smallest absolute Gasteiger partial charge is 0.372 e. The summed E-state index contributed by atoms with van der Waals surface area (Å²) < 4.78 is 40.3. The molecule has 2 aromatic heterocycles. The number of rotatable bonds is 5. The molecule has 2 heterocycles. The molecule has 0 aliphatic rings. The lowest BCUT2D eigenvalue weighted by atomic mass is 9.96. The maximum atomic E-state index is 12.9. The Morgan fingerprint density at radius 2 is 1.96 bits per heavy atom. The second kappa shape index (κ2) is 6.58. The van der Waals surface area contributed by atoms with E-state index in [-0.39, 0.29) is 11.8 Å². The van der Waals surface area contributed by atoms with Crippen LogP contribution in [0.3, 0.4) is 0 Å². The summed E-state index contributed by atoms with van der Waals surface area (Å²) in [6.07, 6.45) is -2.30. The summed E-state index contributed by atoms with van der Waals surface area (Å²) in [5.41, 5.74) is -0.268. The molecule has 0 aliphatic heterocycles. The highest BCUT2D eigenvalue weighted by molar-refractivity contribution is 5.57. The second-order valence-corrected chi connectivity index (χ2v) is 6.13. The Balaban J connectivity index is 2.27. The van der Waals surface area contributed by atoms with Gasteiger partial charge >= 0.3 is 6.18 Å². The van der Waals surface area contributed by atoms with E-state index in [1.807, 2.05) is 0 Å². The first-order valence-corrected chi connectivity index (χ1v) is 7.40. The minimum Gasteiger partial charge on any atom is -0.372 e. The fraction of sp³-hybridized carbons (Fsp3) is 0.467. The van der Waals surface area contributed by atoms with Crippen molar-refractivity contribution in [1.82, 2.24) is 19.7 Å². The van der Waals surface area contributed by atoms with Gasteiger partial charge in [0.25, 0.3) is 0 Å². The highest BCUT2D eigenvalue weighted by Crippen LogP contribution is 2.34. The first-order valence-electron chi connectivity index (χ1n) is 7.40. The van der Waals surface area contributed by atoms with Crippen LogP contribution >= 0.6 is 0 Å². The number of hydrogen-bond donors (Lipinski definition) is 2. The summed E-state index contributed by atoms with van der Waals surface area (Å²) >= 11 is 0. The molecule has 2 N–H and O–H groups in total. The van der Waals surface area contributed by atoms with Crippen molar-refractivity contribution >= 4 is 17.5 Å². The molecule has 25 heavy (non-hydrogen) atoms. The van der Waals surface area contributed by atoms with Gasteiger partial charge in [-0.25, -0.2) is 4.98 Å². The van der Waals surface area contributed by atoms with E-state index in [1.54, 1.807) is 25.5 Å². The largest absolute Gasteiger partial charge is 0.421 e. The monoisotopic (exact) mass is 353 g/mol. The van der Waals surface area contributed by atoms with Crippen molar-refractivity contribution in [2.75, 3.05) is 17.7 Å². The van der Waals surface area contributed by atoms with Crippen LogP contribution in [0.1, 0.15) is 25.1 Å². The van der Waals surface area contributed by atoms with E-state index < -0.39 is 17.2 Å². The maximum absolute atomic E-state index is 12.9. The third-order valence-corrected chi connectivity index (χ3v) is 3.53. The molecule has 0 aliphatic carbocycles. The summed E-state index contributed by atoms with van der Waals surface area (Å²) in [7, 11) is 1.36. The molecular weight excluding hydrogens is 335 g/mol. The zero-order valence-electron chi connectivity index (χ0n) is 14.2. The summed E-state index contributed by atoms with van der Waals surface area (Å²) in [5, 5.41) is 18.6. The van der Waals surface area contributed by atoms with Gasteiger partial charge < -0.3 is 10.6 Å². The molecular formula is C15H18F3N7. The maximum Gasteiger partial charge on any atom is 0.421 e. The van der Waals surface area contributed by atoms with E-state index in [4.69, 9.17) is 5.26 Å². The van der Waals surface area contributed by atoms with Crippen molar-refractivity contribution in [2.24, 2.45) is 5.41 Å². The number of nitriles is 1. The molecule has 0 atom stereocenters. The van der Waals surface area contributed by atoms with Crippen molar-refractivity contribution < 1.29 is 13.2 Å². The quantitative estimate of drug-likeness (QED) is 0.857. The number of nitrogens with one attached hydrogen (secondary N) is 2. The average molecular weight is 353 g/mol. The van der Waals surface area contributed by atoms with Crippen LogP contribution in [0.2, 0.25) is 0 Å². The lowest BCUT2D eigenvalue weighted by Gasteiger charge is -2.16. The predicted molar refractivity (Wildman–Crippen MR) is 86.2 cm³/mol. The summed E-state index contributed by atoms with van der Waals surface area (Å²) in [4.78, 5) is 7.57. The normalized spacial score (nSPS) is 11.9. The fourth-order valence-corrected chi connectivity index (χ4v) is 2.10. The van der Waals surface area contributed by atoms with Gasteiger partial charge in [-0.1, -0.05) is 0 Å². The van der Waals surface area contributed by atoms with Crippen molar-refractivity contribution in [3.63, 3.8) is 0 Å². The van der Waals surface area contributed by atoms with Crippen LogP contribution in [0.4, 0.5) is 30.6 Å². The second-order valence-electron chi connectivity index (χ2n) is 6.13. The van der Waals surface area contributed by atoms with Crippen molar-refractivity contribution in [2.45, 2.75) is 33.5 Å². The first kappa shape index (κ1) is 18.5. The highest BCUT2D eigenvalue weighted by Gasteiger charge is 2.35. The molecule has 0 fully saturated rings. The van der Waals surface area contributed by atoms with Crippen molar-refractivity contribution in [1.29, 1.82) is 5.26 Å². The molecule has 0 spiro atoms. The molecule has 0 amide bonds. The molecule has 2 aromatic rings. The highest BCUT2D eigenvalue weighted by atomic mass is 19.4. The zero-order chi connectivity index (χ0) is 18.8. The van der Waals surface area contributed by atoms with Gasteiger partial charge in [0.05, 0.1) is 35.6 Å². The molecule has 0 aromatic carbocycles. The van der Waals surface area contributed by atoms with E-state index >= 15 is 0 Å². The number of hydrogen-bond acceptors (Lipinski definition) is 6. The molecule has 10 heteroatoms. The van der Waals surface area contributed by atoms with Gasteiger partial charge in [0.1, 0.15) is 11.4 Å². The zero-order valence-corrected chi connectivity index (χ0v) is 14.2.